The fourth-order valence-electron chi connectivity index (χ4n) is 1.98. The van der Waals surface area contributed by atoms with Crippen LogP contribution in [-0.2, 0) is 4.79 Å². The van der Waals surface area contributed by atoms with Gasteiger partial charge in [-0.3, -0.25) is 9.59 Å². The quantitative estimate of drug-likeness (QED) is 0.480. The summed E-state index contributed by atoms with van der Waals surface area (Å²) in [7, 11) is 1.55. The van der Waals surface area contributed by atoms with Gasteiger partial charge in [-0.05, 0) is 55.5 Å². The second-order valence-corrected chi connectivity index (χ2v) is 5.13. The van der Waals surface area contributed by atoms with Crippen molar-refractivity contribution in [2.24, 2.45) is 0 Å². The predicted octanol–water partition coefficient (Wildman–Crippen LogP) is 3.36. The van der Waals surface area contributed by atoms with E-state index in [9.17, 15) is 9.59 Å². The van der Waals surface area contributed by atoms with E-state index in [0.29, 0.717) is 22.7 Å². The maximum Gasteiger partial charge on any atom is 0.267 e. The fraction of sp³-hybridized carbons (Fsp3) is 0.105. The average molecular weight is 335 g/mol. The first-order chi connectivity index (χ1) is 12.0. The number of nitriles is 1. The van der Waals surface area contributed by atoms with Crippen LogP contribution in [0.2, 0.25) is 0 Å². The lowest BCUT2D eigenvalue weighted by molar-refractivity contribution is -0.112. The van der Waals surface area contributed by atoms with Gasteiger partial charge in [0.1, 0.15) is 17.4 Å². The monoisotopic (exact) mass is 335 g/mol. The second kappa shape index (κ2) is 8.31. The third-order valence-electron chi connectivity index (χ3n) is 3.39. The molecule has 2 aromatic carbocycles. The summed E-state index contributed by atoms with van der Waals surface area (Å²) >= 11 is 0. The molecular formula is C19H17N3O3. The predicted molar refractivity (Wildman–Crippen MR) is 95.4 cm³/mol. The zero-order valence-corrected chi connectivity index (χ0v) is 13.9. The molecule has 0 saturated carbocycles. The van der Waals surface area contributed by atoms with Crippen molar-refractivity contribution in [1.82, 2.24) is 0 Å². The van der Waals surface area contributed by atoms with Crippen LogP contribution in [0.5, 0.6) is 5.75 Å². The summed E-state index contributed by atoms with van der Waals surface area (Å²) in [5.74, 6) is 0.115. The van der Waals surface area contributed by atoms with Gasteiger partial charge in [-0.25, -0.2) is 0 Å². The highest BCUT2D eigenvalue weighted by molar-refractivity contribution is 6.06. The summed E-state index contributed by atoms with van der Waals surface area (Å²) in [5.41, 5.74) is 1.73. The Labute approximate surface area is 145 Å². The van der Waals surface area contributed by atoms with E-state index in [1.165, 1.54) is 13.1 Å². The highest BCUT2D eigenvalue weighted by Gasteiger charge is 2.09. The maximum atomic E-state index is 12.1. The Bertz CT molecular complexity index is 832. The molecule has 25 heavy (non-hydrogen) atoms. The minimum atomic E-state index is -0.527. The van der Waals surface area contributed by atoms with E-state index < -0.39 is 5.91 Å². The van der Waals surface area contributed by atoms with Gasteiger partial charge in [-0.1, -0.05) is 0 Å². The number of Topliss-reactive ketones (excluding diaryl/α,β-unsaturated/α-hetero) is 1. The van der Waals surface area contributed by atoms with Gasteiger partial charge < -0.3 is 15.4 Å². The van der Waals surface area contributed by atoms with Crippen LogP contribution in [0.4, 0.5) is 11.4 Å². The highest BCUT2D eigenvalue weighted by Crippen LogP contribution is 2.16. The molecule has 126 valence electrons. The van der Waals surface area contributed by atoms with Crippen molar-refractivity contribution in [3.05, 3.63) is 65.9 Å². The Kier molecular flexibility index (Phi) is 5.91. The van der Waals surface area contributed by atoms with Crippen LogP contribution in [0, 0.1) is 11.3 Å². The van der Waals surface area contributed by atoms with Crippen LogP contribution in [0.3, 0.4) is 0 Å². The van der Waals surface area contributed by atoms with E-state index in [1.54, 1.807) is 55.6 Å². The van der Waals surface area contributed by atoms with Crippen LogP contribution >= 0.6 is 0 Å². The largest absolute Gasteiger partial charge is 0.497 e. The van der Waals surface area contributed by atoms with Gasteiger partial charge in [0.2, 0.25) is 0 Å². The number of benzene rings is 2. The van der Waals surface area contributed by atoms with Gasteiger partial charge >= 0.3 is 0 Å². The number of hydrogen-bond donors (Lipinski definition) is 2. The van der Waals surface area contributed by atoms with Crippen LogP contribution in [0.25, 0.3) is 0 Å². The molecule has 0 heterocycles. The Morgan fingerprint density at radius 1 is 1.04 bits per heavy atom. The van der Waals surface area contributed by atoms with Crippen LogP contribution in [0.1, 0.15) is 17.3 Å². The number of hydrogen-bond acceptors (Lipinski definition) is 5. The summed E-state index contributed by atoms with van der Waals surface area (Å²) in [6.07, 6.45) is 1.32. The van der Waals surface area contributed by atoms with Crippen LogP contribution in [0.15, 0.2) is 60.3 Å². The van der Waals surface area contributed by atoms with Crippen LogP contribution in [-0.4, -0.2) is 18.8 Å². The first kappa shape index (κ1) is 17.8. The zero-order valence-electron chi connectivity index (χ0n) is 13.9. The Hall–Kier alpha value is -3.59. The van der Waals surface area contributed by atoms with E-state index >= 15 is 0 Å². The number of carbonyl (C=O) groups is 2. The molecule has 2 N–H and O–H groups in total. The summed E-state index contributed by atoms with van der Waals surface area (Å²) in [4.78, 5) is 23.4. The zero-order chi connectivity index (χ0) is 18.2. The summed E-state index contributed by atoms with van der Waals surface area (Å²) < 4.78 is 5.05. The summed E-state index contributed by atoms with van der Waals surface area (Å²) in [6, 6.07) is 15.4. The molecule has 0 saturated heterocycles. The first-order valence-corrected chi connectivity index (χ1v) is 7.46. The lowest BCUT2D eigenvalue weighted by atomic mass is 10.1. The van der Waals surface area contributed by atoms with E-state index in [-0.39, 0.29) is 11.4 Å². The topological polar surface area (TPSA) is 91.2 Å². The molecule has 0 aliphatic rings. The molecular weight excluding hydrogens is 318 g/mol. The Morgan fingerprint density at radius 2 is 1.64 bits per heavy atom. The number of ketones is 1. The van der Waals surface area contributed by atoms with Crippen molar-refractivity contribution < 1.29 is 14.3 Å². The van der Waals surface area contributed by atoms with Gasteiger partial charge in [-0.15, -0.1) is 0 Å². The molecule has 0 unspecified atom stereocenters. The molecule has 2 rings (SSSR count). The van der Waals surface area contributed by atoms with Gasteiger partial charge in [0, 0.05) is 23.1 Å². The minimum Gasteiger partial charge on any atom is -0.497 e. The van der Waals surface area contributed by atoms with E-state index in [4.69, 9.17) is 10.00 Å². The van der Waals surface area contributed by atoms with Crippen molar-refractivity contribution >= 4 is 23.1 Å². The summed E-state index contributed by atoms with van der Waals surface area (Å²) in [6.45, 7) is 1.49. The minimum absolute atomic E-state index is 0.0290. The Morgan fingerprint density at radius 3 is 2.16 bits per heavy atom. The van der Waals surface area contributed by atoms with Crippen molar-refractivity contribution in [2.45, 2.75) is 6.92 Å². The number of nitrogens with zero attached hydrogens (tertiary/aromatic N) is 1. The SMILES string of the molecule is COc1ccc(NC(=O)/C(C#N)=C\Nc2ccc(C(C)=O)cc2)cc1. The van der Waals surface area contributed by atoms with Gasteiger partial charge in [0.25, 0.3) is 5.91 Å². The number of anilines is 2. The van der Waals surface area contributed by atoms with E-state index in [0.717, 1.165) is 0 Å². The lowest BCUT2D eigenvalue weighted by Crippen LogP contribution is -2.14. The second-order valence-electron chi connectivity index (χ2n) is 5.13. The van der Waals surface area contributed by atoms with Crippen molar-refractivity contribution in [2.75, 3.05) is 17.7 Å². The van der Waals surface area contributed by atoms with Crippen LogP contribution < -0.4 is 15.4 Å². The molecule has 0 atom stereocenters. The van der Waals surface area contributed by atoms with Gasteiger partial charge in [-0.2, -0.15) is 5.26 Å². The fourth-order valence-corrected chi connectivity index (χ4v) is 1.98. The molecule has 0 bridgehead atoms. The van der Waals surface area contributed by atoms with E-state index in [1.807, 2.05) is 6.07 Å². The molecule has 0 spiro atoms. The smallest absolute Gasteiger partial charge is 0.267 e. The number of methoxy groups -OCH3 is 1. The van der Waals surface area contributed by atoms with Crippen molar-refractivity contribution in [3.63, 3.8) is 0 Å². The number of nitrogens with one attached hydrogen (secondary N) is 2. The molecule has 0 radical (unpaired) electrons. The average Bonchev–Trinajstić information content (AvgIpc) is 2.63. The third-order valence-corrected chi connectivity index (χ3v) is 3.39. The number of rotatable bonds is 6. The normalized spacial score (nSPS) is 10.5. The highest BCUT2D eigenvalue weighted by atomic mass is 16.5. The number of amides is 1. The lowest BCUT2D eigenvalue weighted by Gasteiger charge is -2.06. The molecule has 6 heteroatoms. The standard InChI is InChI=1S/C19H17N3O3/c1-13(23)14-3-5-16(6-4-14)21-12-15(11-20)19(24)22-17-7-9-18(25-2)10-8-17/h3-10,12,21H,1-2H3,(H,22,24)/b15-12-. The molecule has 2 aromatic rings. The van der Waals surface area contributed by atoms with Gasteiger partial charge in [0.05, 0.1) is 7.11 Å². The Balaban J connectivity index is 2.04. The number of ether oxygens (including phenoxy) is 1. The van der Waals surface area contributed by atoms with Gasteiger partial charge in [0.15, 0.2) is 5.78 Å². The molecule has 0 fully saturated rings. The molecule has 0 aliphatic heterocycles. The molecule has 0 aromatic heterocycles. The molecule has 1 amide bonds. The molecule has 6 nitrogen and oxygen atoms in total. The van der Waals surface area contributed by atoms with Crippen molar-refractivity contribution in [1.29, 1.82) is 5.26 Å². The van der Waals surface area contributed by atoms with E-state index in [2.05, 4.69) is 10.6 Å². The summed E-state index contributed by atoms with van der Waals surface area (Å²) in [5, 5.41) is 14.7. The molecule has 0 aliphatic carbocycles. The third kappa shape index (κ3) is 4.94. The maximum absolute atomic E-state index is 12.1. The number of carbonyl (C=O) groups excluding carboxylic acids is 2. The van der Waals surface area contributed by atoms with Crippen molar-refractivity contribution in [3.8, 4) is 11.8 Å². The first-order valence-electron chi connectivity index (χ1n) is 7.46.